The van der Waals surface area contributed by atoms with E-state index in [4.69, 9.17) is 4.74 Å². The fourth-order valence-corrected chi connectivity index (χ4v) is 2.92. The van der Waals surface area contributed by atoms with Gasteiger partial charge in [-0.25, -0.2) is 0 Å². The lowest BCUT2D eigenvalue weighted by Gasteiger charge is -1.97. The highest BCUT2D eigenvalue weighted by atomic mass is 79.9. The van der Waals surface area contributed by atoms with Crippen molar-refractivity contribution in [3.63, 3.8) is 0 Å². The Morgan fingerprint density at radius 2 is 2.29 bits per heavy atom. The van der Waals surface area contributed by atoms with Crippen LogP contribution in [0.25, 0.3) is 10.1 Å². The first-order valence-corrected chi connectivity index (χ1v) is 6.04. The number of thiophene rings is 1. The normalized spacial score (nSPS) is 10.7. The average molecular weight is 273 g/mol. The van der Waals surface area contributed by atoms with Gasteiger partial charge in [-0.15, -0.1) is 11.3 Å². The molecule has 0 fully saturated rings. The van der Waals surface area contributed by atoms with Crippen molar-refractivity contribution in [1.82, 2.24) is 0 Å². The summed E-state index contributed by atoms with van der Waals surface area (Å²) < 4.78 is 6.17. The second kappa shape index (κ2) is 3.79. The van der Waals surface area contributed by atoms with Crippen molar-refractivity contribution in [3.8, 4) is 11.5 Å². The van der Waals surface area contributed by atoms with Gasteiger partial charge in [0.15, 0.2) is 0 Å². The zero-order valence-corrected chi connectivity index (χ0v) is 9.98. The van der Waals surface area contributed by atoms with Crippen LogP contribution in [0.4, 0.5) is 0 Å². The van der Waals surface area contributed by atoms with E-state index in [9.17, 15) is 5.11 Å². The zero-order chi connectivity index (χ0) is 10.1. The molecular formula is C10H9BrO2S. The number of benzene rings is 1. The molecule has 74 valence electrons. The van der Waals surface area contributed by atoms with Crippen LogP contribution in [-0.4, -0.2) is 12.2 Å². The van der Waals surface area contributed by atoms with Gasteiger partial charge < -0.3 is 9.84 Å². The fraction of sp³-hybridized carbons (Fsp3) is 0.200. The molecule has 0 atom stereocenters. The Balaban J connectivity index is 2.66. The van der Waals surface area contributed by atoms with Crippen LogP contribution in [0.15, 0.2) is 18.2 Å². The van der Waals surface area contributed by atoms with Gasteiger partial charge in [0, 0.05) is 15.4 Å². The van der Waals surface area contributed by atoms with Gasteiger partial charge in [-0.1, -0.05) is 15.9 Å². The van der Waals surface area contributed by atoms with Gasteiger partial charge in [-0.2, -0.15) is 0 Å². The molecule has 0 unspecified atom stereocenters. The highest BCUT2D eigenvalue weighted by molar-refractivity contribution is 9.08. The standard InChI is InChI=1S/C10H9BrO2S/c1-13-6-2-3-7-8(4-6)14-9(5-11)10(7)12/h2-4,12H,5H2,1H3. The van der Waals surface area contributed by atoms with E-state index in [1.54, 1.807) is 18.4 Å². The fourth-order valence-electron chi connectivity index (χ4n) is 1.33. The highest BCUT2D eigenvalue weighted by Crippen LogP contribution is 2.39. The van der Waals surface area contributed by atoms with Crippen LogP contribution < -0.4 is 4.74 Å². The molecular weight excluding hydrogens is 264 g/mol. The van der Waals surface area contributed by atoms with Gasteiger partial charge in [0.05, 0.1) is 12.0 Å². The molecule has 1 aromatic carbocycles. The molecule has 0 saturated carbocycles. The van der Waals surface area contributed by atoms with Gasteiger partial charge in [0.2, 0.25) is 0 Å². The zero-order valence-electron chi connectivity index (χ0n) is 7.58. The van der Waals surface area contributed by atoms with E-state index >= 15 is 0 Å². The van der Waals surface area contributed by atoms with Crippen molar-refractivity contribution in [2.24, 2.45) is 0 Å². The lowest BCUT2D eigenvalue weighted by atomic mass is 10.2. The third kappa shape index (κ3) is 1.48. The first kappa shape index (κ1) is 9.80. The molecule has 0 radical (unpaired) electrons. The van der Waals surface area contributed by atoms with Crippen LogP contribution in [0, 0.1) is 0 Å². The molecule has 4 heteroatoms. The van der Waals surface area contributed by atoms with E-state index in [0.29, 0.717) is 11.1 Å². The minimum absolute atomic E-state index is 0.379. The second-order valence-electron chi connectivity index (χ2n) is 2.87. The van der Waals surface area contributed by atoms with Crippen LogP contribution in [0.5, 0.6) is 11.5 Å². The number of aromatic hydroxyl groups is 1. The van der Waals surface area contributed by atoms with E-state index in [-0.39, 0.29) is 0 Å². The minimum Gasteiger partial charge on any atom is -0.506 e. The van der Waals surface area contributed by atoms with Gasteiger partial charge >= 0.3 is 0 Å². The summed E-state index contributed by atoms with van der Waals surface area (Å²) >= 11 is 4.92. The smallest absolute Gasteiger partial charge is 0.138 e. The molecule has 0 aliphatic heterocycles. The number of hydrogen-bond donors (Lipinski definition) is 1. The summed E-state index contributed by atoms with van der Waals surface area (Å²) in [6, 6.07) is 5.67. The summed E-state index contributed by atoms with van der Waals surface area (Å²) in [6.07, 6.45) is 0. The quantitative estimate of drug-likeness (QED) is 0.848. The van der Waals surface area contributed by atoms with E-state index in [0.717, 1.165) is 20.7 Å². The SMILES string of the molecule is COc1ccc2c(O)c(CBr)sc2c1. The van der Waals surface area contributed by atoms with Gasteiger partial charge in [-0.3, -0.25) is 0 Å². The summed E-state index contributed by atoms with van der Waals surface area (Å²) in [5, 5.41) is 11.4. The summed E-state index contributed by atoms with van der Waals surface area (Å²) in [5.41, 5.74) is 0. The molecule has 0 aliphatic carbocycles. The van der Waals surface area contributed by atoms with Crippen molar-refractivity contribution in [2.75, 3.05) is 7.11 Å². The molecule has 0 amide bonds. The van der Waals surface area contributed by atoms with Crippen molar-refractivity contribution >= 4 is 37.4 Å². The number of ether oxygens (including phenoxy) is 1. The monoisotopic (exact) mass is 272 g/mol. The number of alkyl halides is 1. The topological polar surface area (TPSA) is 29.5 Å². The first-order valence-electron chi connectivity index (χ1n) is 4.10. The molecule has 0 saturated heterocycles. The van der Waals surface area contributed by atoms with Crippen LogP contribution in [0.3, 0.4) is 0 Å². The number of rotatable bonds is 2. The maximum Gasteiger partial charge on any atom is 0.138 e. The van der Waals surface area contributed by atoms with Crippen molar-refractivity contribution in [3.05, 3.63) is 23.1 Å². The van der Waals surface area contributed by atoms with Crippen molar-refractivity contribution < 1.29 is 9.84 Å². The Morgan fingerprint density at radius 1 is 1.50 bits per heavy atom. The molecule has 2 aromatic rings. The predicted molar refractivity (Wildman–Crippen MR) is 62.7 cm³/mol. The van der Waals surface area contributed by atoms with Crippen LogP contribution in [-0.2, 0) is 5.33 Å². The lowest BCUT2D eigenvalue weighted by molar-refractivity contribution is 0.415. The molecule has 2 nitrogen and oxygen atoms in total. The molecule has 1 heterocycles. The molecule has 1 N–H and O–H groups in total. The lowest BCUT2D eigenvalue weighted by Crippen LogP contribution is -1.79. The molecule has 1 aromatic heterocycles. The average Bonchev–Trinajstić information content (AvgIpc) is 2.55. The molecule has 2 rings (SSSR count). The molecule has 0 spiro atoms. The summed E-state index contributed by atoms with van der Waals surface area (Å²) in [7, 11) is 1.64. The first-order chi connectivity index (χ1) is 6.76. The van der Waals surface area contributed by atoms with Crippen LogP contribution in [0.2, 0.25) is 0 Å². The Kier molecular flexibility index (Phi) is 2.65. The Labute approximate surface area is 94.3 Å². The summed E-state index contributed by atoms with van der Waals surface area (Å²) in [4.78, 5) is 0.952. The summed E-state index contributed by atoms with van der Waals surface area (Å²) in [5.74, 6) is 1.20. The number of fused-ring (bicyclic) bond motifs is 1. The number of methoxy groups -OCH3 is 1. The Morgan fingerprint density at radius 3 is 2.93 bits per heavy atom. The van der Waals surface area contributed by atoms with Gasteiger partial charge in [-0.05, 0) is 18.2 Å². The van der Waals surface area contributed by atoms with Crippen LogP contribution in [0.1, 0.15) is 4.88 Å². The second-order valence-corrected chi connectivity index (χ2v) is 4.57. The van der Waals surface area contributed by atoms with E-state index < -0.39 is 0 Å². The minimum atomic E-state index is 0.379. The van der Waals surface area contributed by atoms with E-state index in [1.165, 1.54) is 0 Å². The summed E-state index contributed by atoms with van der Waals surface area (Å²) in [6.45, 7) is 0. The largest absolute Gasteiger partial charge is 0.506 e. The van der Waals surface area contributed by atoms with E-state index in [1.807, 2.05) is 18.2 Å². The molecule has 0 aliphatic rings. The third-order valence-corrected chi connectivity index (χ3v) is 4.14. The maximum atomic E-state index is 9.79. The Bertz CT molecular complexity index is 464. The van der Waals surface area contributed by atoms with Crippen molar-refractivity contribution in [1.29, 1.82) is 0 Å². The van der Waals surface area contributed by atoms with Gasteiger partial charge in [0.25, 0.3) is 0 Å². The van der Waals surface area contributed by atoms with Crippen LogP contribution >= 0.6 is 27.3 Å². The molecule has 14 heavy (non-hydrogen) atoms. The van der Waals surface area contributed by atoms with Crippen molar-refractivity contribution in [2.45, 2.75) is 5.33 Å². The maximum absolute atomic E-state index is 9.79. The number of halogens is 1. The highest BCUT2D eigenvalue weighted by Gasteiger charge is 2.10. The molecule has 0 bridgehead atoms. The third-order valence-electron chi connectivity index (χ3n) is 2.06. The Hall–Kier alpha value is -0.740. The van der Waals surface area contributed by atoms with Gasteiger partial charge in [0.1, 0.15) is 11.5 Å². The van der Waals surface area contributed by atoms with E-state index in [2.05, 4.69) is 15.9 Å². The number of hydrogen-bond acceptors (Lipinski definition) is 3. The predicted octanol–water partition coefficient (Wildman–Crippen LogP) is 3.51.